The van der Waals surface area contributed by atoms with Crippen LogP contribution in [-0.2, 0) is 26.6 Å². The molecule has 2 aromatic carbocycles. The topological polar surface area (TPSA) is 89.8 Å². The SMILES string of the molecule is C=CC1c2cc(O)ccc2C/C(=N/P(=O)(OC)OC)N1Cc1cc2c(cc1Br)OCO2. The van der Waals surface area contributed by atoms with Crippen LogP contribution >= 0.6 is 23.7 Å². The summed E-state index contributed by atoms with van der Waals surface area (Å²) in [6.07, 6.45) is 2.15. The largest absolute Gasteiger partial charge is 0.508 e. The molecule has 0 spiro atoms. The van der Waals surface area contributed by atoms with Gasteiger partial charge in [0, 0.05) is 31.7 Å². The van der Waals surface area contributed by atoms with Gasteiger partial charge < -0.3 is 19.5 Å². The van der Waals surface area contributed by atoms with Gasteiger partial charge in [0.05, 0.1) is 6.04 Å². The van der Waals surface area contributed by atoms with E-state index in [1.807, 2.05) is 23.1 Å². The normalized spacial score (nSPS) is 18.9. The van der Waals surface area contributed by atoms with Gasteiger partial charge in [-0.2, -0.15) is 4.76 Å². The highest BCUT2D eigenvalue weighted by Gasteiger charge is 2.33. The fourth-order valence-corrected chi connectivity index (χ4v) is 4.95. The predicted octanol–water partition coefficient (Wildman–Crippen LogP) is 4.97. The molecule has 0 amide bonds. The van der Waals surface area contributed by atoms with Crippen LogP contribution in [0.4, 0.5) is 0 Å². The summed E-state index contributed by atoms with van der Waals surface area (Å²) in [5.41, 5.74) is 2.76. The second-order valence-electron chi connectivity index (χ2n) is 7.02. The average molecular weight is 509 g/mol. The Bertz CT molecular complexity index is 1100. The summed E-state index contributed by atoms with van der Waals surface area (Å²) in [6, 6.07) is 8.59. The van der Waals surface area contributed by atoms with E-state index in [9.17, 15) is 9.67 Å². The molecule has 2 aromatic rings. The van der Waals surface area contributed by atoms with Crippen molar-refractivity contribution in [3.8, 4) is 17.2 Å². The number of nitrogens with zero attached hydrogens (tertiary/aromatic N) is 2. The quantitative estimate of drug-likeness (QED) is 0.435. The van der Waals surface area contributed by atoms with Crippen LogP contribution in [0.1, 0.15) is 22.7 Å². The zero-order chi connectivity index (χ0) is 22.2. The van der Waals surface area contributed by atoms with Crippen molar-refractivity contribution >= 4 is 29.5 Å². The number of amidine groups is 1. The average Bonchev–Trinajstić information content (AvgIpc) is 3.21. The van der Waals surface area contributed by atoms with Crippen LogP contribution in [0.15, 0.2) is 52.2 Å². The summed E-state index contributed by atoms with van der Waals surface area (Å²) in [4.78, 5) is 1.96. The van der Waals surface area contributed by atoms with Crippen LogP contribution < -0.4 is 9.47 Å². The minimum atomic E-state index is -3.67. The third-order valence-corrected chi connectivity index (χ3v) is 7.41. The van der Waals surface area contributed by atoms with Gasteiger partial charge in [0.25, 0.3) is 0 Å². The molecule has 2 aliphatic rings. The molecule has 31 heavy (non-hydrogen) atoms. The second kappa shape index (κ2) is 8.67. The molecule has 2 heterocycles. The number of ether oxygens (including phenoxy) is 2. The van der Waals surface area contributed by atoms with Crippen molar-refractivity contribution in [3.63, 3.8) is 0 Å². The van der Waals surface area contributed by atoms with Crippen molar-refractivity contribution < 1.29 is 28.2 Å². The lowest BCUT2D eigenvalue weighted by Gasteiger charge is -2.38. The monoisotopic (exact) mass is 508 g/mol. The first-order chi connectivity index (χ1) is 14.9. The summed E-state index contributed by atoms with van der Waals surface area (Å²) in [5.74, 6) is 2.01. The van der Waals surface area contributed by atoms with Crippen molar-refractivity contribution in [2.75, 3.05) is 21.0 Å². The van der Waals surface area contributed by atoms with E-state index < -0.39 is 7.75 Å². The van der Waals surface area contributed by atoms with E-state index in [-0.39, 0.29) is 18.6 Å². The number of rotatable bonds is 6. The number of aromatic hydroxyl groups is 1. The first-order valence-electron chi connectivity index (χ1n) is 9.47. The van der Waals surface area contributed by atoms with E-state index in [1.54, 1.807) is 18.2 Å². The minimum Gasteiger partial charge on any atom is -0.508 e. The van der Waals surface area contributed by atoms with Crippen LogP contribution in [0.3, 0.4) is 0 Å². The Morgan fingerprint density at radius 2 is 2.00 bits per heavy atom. The number of hydrogen-bond donors (Lipinski definition) is 1. The van der Waals surface area contributed by atoms with Gasteiger partial charge in [0.15, 0.2) is 11.5 Å². The van der Waals surface area contributed by atoms with Gasteiger partial charge in [0.2, 0.25) is 6.79 Å². The molecule has 2 aliphatic heterocycles. The van der Waals surface area contributed by atoms with Gasteiger partial charge in [0.1, 0.15) is 11.6 Å². The van der Waals surface area contributed by atoms with E-state index in [2.05, 4.69) is 27.3 Å². The maximum atomic E-state index is 12.8. The van der Waals surface area contributed by atoms with Crippen molar-refractivity contribution in [1.82, 2.24) is 4.90 Å². The summed E-state index contributed by atoms with van der Waals surface area (Å²) in [7, 11) is -1.07. The zero-order valence-electron chi connectivity index (χ0n) is 17.1. The Hall–Kier alpha value is -2.32. The van der Waals surface area contributed by atoms with Gasteiger partial charge >= 0.3 is 7.75 Å². The van der Waals surface area contributed by atoms with Crippen LogP contribution in [0, 0.1) is 0 Å². The first kappa shape index (κ1) is 21.9. The van der Waals surface area contributed by atoms with Gasteiger partial charge in [-0.3, -0.25) is 9.05 Å². The van der Waals surface area contributed by atoms with Crippen LogP contribution in [-0.4, -0.2) is 36.9 Å². The van der Waals surface area contributed by atoms with E-state index >= 15 is 0 Å². The van der Waals surface area contributed by atoms with Crippen LogP contribution in [0.25, 0.3) is 0 Å². The molecule has 10 heteroatoms. The lowest BCUT2D eigenvalue weighted by Crippen LogP contribution is -2.39. The molecule has 0 aliphatic carbocycles. The number of fused-ring (bicyclic) bond motifs is 2. The number of phenolic OH excluding ortho intramolecular Hbond substituents is 1. The number of hydrogen-bond acceptors (Lipinski definition) is 6. The van der Waals surface area contributed by atoms with Crippen LogP contribution in [0.2, 0.25) is 0 Å². The molecular formula is C21H22BrN2O6P. The Balaban J connectivity index is 1.81. The van der Waals surface area contributed by atoms with Crippen molar-refractivity contribution in [1.29, 1.82) is 0 Å². The second-order valence-corrected chi connectivity index (χ2v) is 9.74. The molecular weight excluding hydrogens is 487 g/mol. The molecule has 4 rings (SSSR count). The molecule has 1 unspecified atom stereocenters. The Labute approximate surface area is 188 Å². The fourth-order valence-electron chi connectivity index (χ4n) is 3.72. The molecule has 0 aromatic heterocycles. The Kier molecular flexibility index (Phi) is 6.12. The molecule has 164 valence electrons. The smallest absolute Gasteiger partial charge is 0.454 e. The van der Waals surface area contributed by atoms with Crippen molar-refractivity contribution in [3.05, 3.63) is 64.1 Å². The number of phenols is 1. The number of halogens is 1. The zero-order valence-corrected chi connectivity index (χ0v) is 19.6. The minimum absolute atomic E-state index is 0.162. The summed E-state index contributed by atoms with van der Waals surface area (Å²) >= 11 is 3.60. The van der Waals surface area contributed by atoms with E-state index in [4.69, 9.17) is 18.5 Å². The molecule has 0 saturated carbocycles. The van der Waals surface area contributed by atoms with Crippen LogP contribution in [0.5, 0.6) is 17.2 Å². The molecule has 0 fully saturated rings. The summed E-state index contributed by atoms with van der Waals surface area (Å²) < 4.78 is 39.1. The fraction of sp³-hybridized carbons (Fsp3) is 0.286. The highest BCUT2D eigenvalue weighted by atomic mass is 79.9. The van der Waals surface area contributed by atoms with Gasteiger partial charge in [-0.25, -0.2) is 4.57 Å². The highest BCUT2D eigenvalue weighted by Crippen LogP contribution is 2.50. The van der Waals surface area contributed by atoms with Crippen molar-refractivity contribution in [2.24, 2.45) is 4.76 Å². The summed E-state index contributed by atoms with van der Waals surface area (Å²) in [5, 5.41) is 10.1. The Morgan fingerprint density at radius 1 is 1.29 bits per heavy atom. The molecule has 8 nitrogen and oxygen atoms in total. The lowest BCUT2D eigenvalue weighted by atomic mass is 9.91. The van der Waals surface area contributed by atoms with E-state index in [0.29, 0.717) is 30.3 Å². The third kappa shape index (κ3) is 4.23. The van der Waals surface area contributed by atoms with Crippen molar-refractivity contribution in [2.45, 2.75) is 19.0 Å². The highest BCUT2D eigenvalue weighted by molar-refractivity contribution is 9.10. The van der Waals surface area contributed by atoms with E-state index in [1.165, 1.54) is 14.2 Å². The molecule has 0 bridgehead atoms. The third-order valence-electron chi connectivity index (χ3n) is 5.27. The maximum absolute atomic E-state index is 12.8. The van der Waals surface area contributed by atoms with Gasteiger partial charge in [-0.1, -0.05) is 28.1 Å². The van der Waals surface area contributed by atoms with E-state index in [0.717, 1.165) is 21.2 Å². The molecule has 0 saturated heterocycles. The summed E-state index contributed by atoms with van der Waals surface area (Å²) in [6.45, 7) is 4.56. The van der Waals surface area contributed by atoms with Gasteiger partial charge in [-0.05, 0) is 41.0 Å². The Morgan fingerprint density at radius 3 is 2.68 bits per heavy atom. The van der Waals surface area contributed by atoms with Gasteiger partial charge in [-0.15, -0.1) is 6.58 Å². The molecule has 0 radical (unpaired) electrons. The predicted molar refractivity (Wildman–Crippen MR) is 120 cm³/mol. The first-order valence-corrected chi connectivity index (χ1v) is 11.8. The standard InChI is InChI=1S/C21H22BrN2O6P/c1-4-18-16-9-15(25)6-5-13(16)8-21(23-31(26,27-2)28-3)24(18)11-14-7-19-20(10-17(14)22)30-12-29-19/h4-7,9-10,18,25H,1,8,11-12H2,2-3H3/b23-21-. The molecule has 1 atom stereocenters. The lowest BCUT2D eigenvalue weighted by molar-refractivity contribution is 0.174. The maximum Gasteiger partial charge on any atom is 0.454 e. The molecule has 1 N–H and O–H groups in total. The number of benzene rings is 2.